The van der Waals surface area contributed by atoms with Gasteiger partial charge in [-0.3, -0.25) is 4.79 Å². The highest BCUT2D eigenvalue weighted by Gasteiger charge is 2.29. The number of carbonyl (C=O) groups is 1. The molecule has 1 aliphatic rings. The minimum absolute atomic E-state index is 0.0229. The molecular formula is C15H20N4O2. The number of ether oxygens (including phenoxy) is 1. The van der Waals surface area contributed by atoms with Gasteiger partial charge in [0.05, 0.1) is 19.2 Å². The van der Waals surface area contributed by atoms with Gasteiger partial charge in [0.25, 0.3) is 0 Å². The van der Waals surface area contributed by atoms with E-state index in [1.54, 1.807) is 0 Å². The van der Waals surface area contributed by atoms with Gasteiger partial charge in [-0.1, -0.05) is 0 Å². The Balaban J connectivity index is 2.36. The van der Waals surface area contributed by atoms with Gasteiger partial charge < -0.3 is 9.64 Å². The molecule has 2 rings (SSSR count). The van der Waals surface area contributed by atoms with E-state index in [4.69, 9.17) is 4.74 Å². The lowest BCUT2D eigenvalue weighted by Crippen LogP contribution is -2.42. The van der Waals surface area contributed by atoms with Crippen molar-refractivity contribution in [1.29, 1.82) is 5.26 Å². The Morgan fingerprint density at radius 1 is 1.43 bits per heavy atom. The van der Waals surface area contributed by atoms with Crippen molar-refractivity contribution in [3.05, 3.63) is 16.8 Å². The normalized spacial score (nSPS) is 18.2. The maximum atomic E-state index is 11.6. The largest absolute Gasteiger partial charge is 0.469 e. The lowest BCUT2D eigenvalue weighted by atomic mass is 9.98. The Kier molecular flexibility index (Phi) is 4.73. The van der Waals surface area contributed by atoms with Gasteiger partial charge in [0.2, 0.25) is 0 Å². The van der Waals surface area contributed by atoms with Crippen LogP contribution < -0.4 is 4.90 Å². The molecule has 0 radical (unpaired) electrons. The van der Waals surface area contributed by atoms with Gasteiger partial charge in [0.1, 0.15) is 11.6 Å². The van der Waals surface area contributed by atoms with E-state index < -0.39 is 0 Å². The summed E-state index contributed by atoms with van der Waals surface area (Å²) in [6, 6.07) is 2.25. The van der Waals surface area contributed by atoms with Crippen LogP contribution in [-0.2, 0) is 9.53 Å². The van der Waals surface area contributed by atoms with E-state index in [2.05, 4.69) is 16.3 Å². The van der Waals surface area contributed by atoms with Crippen LogP contribution in [0.25, 0.3) is 0 Å². The molecular weight excluding hydrogens is 268 g/mol. The fourth-order valence-corrected chi connectivity index (χ4v) is 2.70. The Bertz CT molecular complexity index is 580. The Hall–Kier alpha value is -2.16. The number of anilines is 1. The van der Waals surface area contributed by atoms with Gasteiger partial charge in [-0.05, 0) is 38.7 Å². The zero-order valence-electron chi connectivity index (χ0n) is 12.7. The van der Waals surface area contributed by atoms with Crippen LogP contribution in [0.5, 0.6) is 0 Å². The Morgan fingerprint density at radius 3 is 2.86 bits per heavy atom. The van der Waals surface area contributed by atoms with E-state index in [0.29, 0.717) is 17.8 Å². The molecule has 0 N–H and O–H groups in total. The van der Waals surface area contributed by atoms with Crippen molar-refractivity contribution in [2.45, 2.75) is 45.6 Å². The number of hydrogen-bond donors (Lipinski definition) is 0. The van der Waals surface area contributed by atoms with Crippen LogP contribution in [0.1, 0.15) is 42.5 Å². The molecule has 0 aromatic carbocycles. The van der Waals surface area contributed by atoms with Crippen LogP contribution in [0.4, 0.5) is 5.82 Å². The molecule has 1 fully saturated rings. The molecule has 0 aliphatic carbocycles. The van der Waals surface area contributed by atoms with Crippen molar-refractivity contribution in [1.82, 2.24) is 10.2 Å². The first kappa shape index (κ1) is 15.2. The summed E-state index contributed by atoms with van der Waals surface area (Å²) < 4.78 is 4.77. The van der Waals surface area contributed by atoms with E-state index in [-0.39, 0.29) is 12.0 Å². The third kappa shape index (κ3) is 3.13. The van der Waals surface area contributed by atoms with Gasteiger partial charge in [0, 0.05) is 12.6 Å². The highest BCUT2D eigenvalue weighted by Crippen LogP contribution is 2.29. The number of methoxy groups -OCH3 is 1. The van der Waals surface area contributed by atoms with Gasteiger partial charge in [-0.2, -0.15) is 10.4 Å². The molecule has 1 aromatic heterocycles. The second kappa shape index (κ2) is 6.53. The highest BCUT2D eigenvalue weighted by molar-refractivity contribution is 5.71. The van der Waals surface area contributed by atoms with Crippen molar-refractivity contribution >= 4 is 11.8 Å². The minimum atomic E-state index is -0.234. The molecule has 1 saturated heterocycles. The average Bonchev–Trinajstić information content (AvgIpc) is 2.50. The number of aromatic nitrogens is 2. The smallest absolute Gasteiger partial charge is 0.307 e. The van der Waals surface area contributed by atoms with Crippen LogP contribution >= 0.6 is 0 Å². The zero-order chi connectivity index (χ0) is 15.4. The zero-order valence-corrected chi connectivity index (χ0v) is 12.7. The number of aryl methyl sites for hydroxylation is 1. The maximum absolute atomic E-state index is 11.6. The lowest BCUT2D eigenvalue weighted by molar-refractivity contribution is -0.141. The molecule has 6 nitrogen and oxygen atoms in total. The standard InChI is InChI=1S/C15H20N4O2/c1-10-11(2)17-18-15(13(10)9-16)19-7-5-4-6-12(19)8-14(20)21-3/h12H,4-8H2,1-3H3. The van der Waals surface area contributed by atoms with E-state index in [9.17, 15) is 10.1 Å². The monoisotopic (exact) mass is 288 g/mol. The van der Waals surface area contributed by atoms with Crippen LogP contribution in [0.15, 0.2) is 0 Å². The van der Waals surface area contributed by atoms with Gasteiger partial charge in [-0.15, -0.1) is 5.10 Å². The van der Waals surface area contributed by atoms with Crippen molar-refractivity contribution < 1.29 is 9.53 Å². The first-order valence-electron chi connectivity index (χ1n) is 7.16. The number of rotatable bonds is 3. The van der Waals surface area contributed by atoms with E-state index in [1.807, 2.05) is 18.7 Å². The number of piperidine rings is 1. The third-order valence-electron chi connectivity index (χ3n) is 4.08. The molecule has 21 heavy (non-hydrogen) atoms. The molecule has 2 heterocycles. The molecule has 1 atom stereocenters. The van der Waals surface area contributed by atoms with Crippen molar-refractivity contribution in [2.24, 2.45) is 0 Å². The molecule has 0 spiro atoms. The molecule has 0 amide bonds. The average molecular weight is 288 g/mol. The molecule has 0 bridgehead atoms. The summed E-state index contributed by atoms with van der Waals surface area (Å²) in [4.78, 5) is 13.6. The van der Waals surface area contributed by atoms with Gasteiger partial charge >= 0.3 is 5.97 Å². The molecule has 0 saturated carbocycles. The predicted molar refractivity (Wildman–Crippen MR) is 77.8 cm³/mol. The first-order valence-corrected chi connectivity index (χ1v) is 7.16. The minimum Gasteiger partial charge on any atom is -0.469 e. The lowest BCUT2D eigenvalue weighted by Gasteiger charge is -2.36. The Morgan fingerprint density at radius 2 is 2.19 bits per heavy atom. The van der Waals surface area contributed by atoms with E-state index in [1.165, 1.54) is 7.11 Å². The number of esters is 1. The number of carbonyl (C=O) groups excluding carboxylic acids is 1. The second-order valence-corrected chi connectivity index (χ2v) is 5.34. The topological polar surface area (TPSA) is 79.1 Å². The molecule has 1 aromatic rings. The van der Waals surface area contributed by atoms with Crippen LogP contribution in [0.3, 0.4) is 0 Å². The van der Waals surface area contributed by atoms with Gasteiger partial charge in [-0.25, -0.2) is 0 Å². The van der Waals surface area contributed by atoms with Crippen LogP contribution in [-0.4, -0.2) is 35.9 Å². The first-order chi connectivity index (χ1) is 10.1. The Labute approximate surface area is 124 Å². The molecule has 1 unspecified atom stereocenters. The molecule has 112 valence electrons. The second-order valence-electron chi connectivity index (χ2n) is 5.34. The fraction of sp³-hybridized carbons (Fsp3) is 0.600. The summed E-state index contributed by atoms with van der Waals surface area (Å²) in [5.74, 6) is 0.358. The number of hydrogen-bond acceptors (Lipinski definition) is 6. The van der Waals surface area contributed by atoms with Crippen LogP contribution in [0.2, 0.25) is 0 Å². The number of nitrogens with zero attached hydrogens (tertiary/aromatic N) is 4. The summed E-state index contributed by atoms with van der Waals surface area (Å²) in [6.07, 6.45) is 3.31. The summed E-state index contributed by atoms with van der Waals surface area (Å²) in [7, 11) is 1.39. The summed E-state index contributed by atoms with van der Waals surface area (Å²) in [6.45, 7) is 4.51. The quantitative estimate of drug-likeness (QED) is 0.790. The molecule has 6 heteroatoms. The number of nitriles is 1. The van der Waals surface area contributed by atoms with E-state index >= 15 is 0 Å². The SMILES string of the molecule is COC(=O)CC1CCCCN1c1nnc(C)c(C)c1C#N. The van der Waals surface area contributed by atoms with Crippen molar-refractivity contribution in [3.63, 3.8) is 0 Å². The van der Waals surface area contributed by atoms with Crippen molar-refractivity contribution in [2.75, 3.05) is 18.6 Å². The van der Waals surface area contributed by atoms with Crippen molar-refractivity contribution in [3.8, 4) is 6.07 Å². The van der Waals surface area contributed by atoms with Crippen LogP contribution in [0, 0.1) is 25.2 Å². The molecule has 1 aliphatic heterocycles. The van der Waals surface area contributed by atoms with E-state index in [0.717, 1.165) is 37.1 Å². The third-order valence-corrected chi connectivity index (χ3v) is 4.08. The maximum Gasteiger partial charge on any atom is 0.307 e. The van der Waals surface area contributed by atoms with Gasteiger partial charge in [0.15, 0.2) is 5.82 Å². The highest BCUT2D eigenvalue weighted by atomic mass is 16.5. The fourth-order valence-electron chi connectivity index (χ4n) is 2.70. The summed E-state index contributed by atoms with van der Waals surface area (Å²) in [5, 5.41) is 17.8. The summed E-state index contributed by atoms with van der Waals surface area (Å²) in [5.41, 5.74) is 2.17. The summed E-state index contributed by atoms with van der Waals surface area (Å²) >= 11 is 0. The predicted octanol–water partition coefficient (Wildman–Crippen LogP) is 1.89.